The number of rotatable bonds is 5. The summed E-state index contributed by atoms with van der Waals surface area (Å²) in [5.74, 6) is 1.54. The molecule has 29 heavy (non-hydrogen) atoms. The zero-order valence-electron chi connectivity index (χ0n) is 16.5. The molecule has 1 saturated heterocycles. The first-order valence-electron chi connectivity index (χ1n) is 10.6. The molecule has 5 rings (SSSR count). The molecule has 3 aliphatic rings. The van der Waals surface area contributed by atoms with Crippen molar-refractivity contribution in [1.29, 1.82) is 0 Å². The van der Waals surface area contributed by atoms with Crippen LogP contribution in [0.1, 0.15) is 60.6 Å². The van der Waals surface area contributed by atoms with E-state index in [1.807, 2.05) is 10.7 Å². The smallest absolute Gasteiger partial charge is 0.273 e. The highest BCUT2D eigenvalue weighted by Gasteiger charge is 2.25. The van der Waals surface area contributed by atoms with E-state index < -0.39 is 0 Å². The number of hydrogen-bond acceptors (Lipinski definition) is 6. The van der Waals surface area contributed by atoms with Crippen LogP contribution >= 0.6 is 0 Å². The zero-order valence-corrected chi connectivity index (χ0v) is 16.5. The Morgan fingerprint density at radius 2 is 2.00 bits per heavy atom. The normalized spacial score (nSPS) is 22.1. The van der Waals surface area contributed by atoms with Gasteiger partial charge in [0.05, 0.1) is 12.2 Å². The lowest BCUT2D eigenvalue weighted by Gasteiger charge is -2.32. The van der Waals surface area contributed by atoms with E-state index in [2.05, 4.69) is 32.7 Å². The highest BCUT2D eigenvalue weighted by molar-refractivity contribution is 5.92. The van der Waals surface area contributed by atoms with Crippen molar-refractivity contribution in [2.24, 2.45) is 0 Å². The minimum Gasteiger partial charge on any atom is -0.454 e. The highest BCUT2D eigenvalue weighted by Crippen LogP contribution is 2.33. The molecule has 0 bridgehead atoms. The van der Waals surface area contributed by atoms with Crippen molar-refractivity contribution in [1.82, 2.24) is 25.2 Å². The standard InChI is InChI=1S/C21H27N5O3/c27-21(22-16-4-1-2-5-16)18-13-26(24-23-18)17-6-3-9-25(12-17)11-15-7-8-19-20(10-15)29-14-28-19/h7-8,10,13,16-17H,1-6,9,11-12,14H2,(H,22,27). The zero-order chi connectivity index (χ0) is 19.6. The summed E-state index contributed by atoms with van der Waals surface area (Å²) in [5, 5.41) is 11.5. The molecule has 1 aromatic heterocycles. The molecule has 0 radical (unpaired) electrons. The quantitative estimate of drug-likeness (QED) is 0.835. The Kier molecular flexibility index (Phi) is 5.10. The van der Waals surface area contributed by atoms with Gasteiger partial charge in [0.25, 0.3) is 5.91 Å². The van der Waals surface area contributed by atoms with E-state index in [-0.39, 0.29) is 11.9 Å². The van der Waals surface area contributed by atoms with E-state index >= 15 is 0 Å². The fourth-order valence-electron chi connectivity index (χ4n) is 4.58. The summed E-state index contributed by atoms with van der Waals surface area (Å²) in [4.78, 5) is 14.9. The van der Waals surface area contributed by atoms with Gasteiger partial charge in [0.2, 0.25) is 6.79 Å². The lowest BCUT2D eigenvalue weighted by Crippen LogP contribution is -2.36. The molecule has 8 nitrogen and oxygen atoms in total. The Morgan fingerprint density at radius 1 is 1.14 bits per heavy atom. The molecule has 8 heteroatoms. The summed E-state index contributed by atoms with van der Waals surface area (Å²) >= 11 is 0. The number of benzene rings is 1. The van der Waals surface area contributed by atoms with Crippen LogP contribution in [-0.2, 0) is 6.54 Å². The molecule has 154 valence electrons. The van der Waals surface area contributed by atoms with Crippen LogP contribution in [0.2, 0.25) is 0 Å². The second-order valence-corrected chi connectivity index (χ2v) is 8.26. The Balaban J connectivity index is 1.20. The van der Waals surface area contributed by atoms with E-state index in [0.717, 1.165) is 56.8 Å². The monoisotopic (exact) mass is 397 g/mol. The number of fused-ring (bicyclic) bond motifs is 1. The SMILES string of the molecule is O=C(NC1CCCC1)c1cn(C2CCCN(Cc3ccc4c(c3)OCO4)C2)nn1. The average Bonchev–Trinajstić information content (AvgIpc) is 3.49. The van der Waals surface area contributed by atoms with Gasteiger partial charge in [0.15, 0.2) is 17.2 Å². The minimum absolute atomic E-state index is 0.101. The maximum Gasteiger partial charge on any atom is 0.273 e. The second-order valence-electron chi connectivity index (χ2n) is 8.26. The molecule has 1 amide bonds. The number of aromatic nitrogens is 3. The molecule has 0 spiro atoms. The van der Waals surface area contributed by atoms with Gasteiger partial charge >= 0.3 is 0 Å². The Labute approximate surface area is 170 Å². The van der Waals surface area contributed by atoms with Gasteiger partial charge in [-0.3, -0.25) is 9.69 Å². The number of amides is 1. The molecule has 2 fully saturated rings. The van der Waals surface area contributed by atoms with Gasteiger partial charge in [-0.15, -0.1) is 5.10 Å². The van der Waals surface area contributed by atoms with Crippen molar-refractivity contribution in [2.75, 3.05) is 19.9 Å². The maximum absolute atomic E-state index is 12.4. The van der Waals surface area contributed by atoms with Gasteiger partial charge in [0, 0.05) is 19.1 Å². The minimum atomic E-state index is -0.101. The van der Waals surface area contributed by atoms with Crippen LogP contribution in [0.3, 0.4) is 0 Å². The first-order chi connectivity index (χ1) is 14.2. The van der Waals surface area contributed by atoms with Crippen LogP contribution in [0.5, 0.6) is 11.5 Å². The van der Waals surface area contributed by atoms with Crippen LogP contribution in [0, 0.1) is 0 Å². The van der Waals surface area contributed by atoms with E-state index in [9.17, 15) is 4.79 Å². The molecule has 1 aromatic carbocycles. The number of piperidine rings is 1. The fraction of sp³-hybridized carbons (Fsp3) is 0.571. The number of likely N-dealkylation sites (tertiary alicyclic amines) is 1. The van der Waals surface area contributed by atoms with Gasteiger partial charge in [-0.2, -0.15) is 0 Å². The molecular formula is C21H27N5O3. The number of nitrogens with one attached hydrogen (secondary N) is 1. The van der Waals surface area contributed by atoms with E-state index in [4.69, 9.17) is 9.47 Å². The first kappa shape index (κ1) is 18.4. The lowest BCUT2D eigenvalue weighted by molar-refractivity contribution is 0.0932. The molecule has 1 unspecified atom stereocenters. The molecule has 3 heterocycles. The number of carbonyl (C=O) groups excluding carboxylic acids is 1. The Hall–Kier alpha value is -2.61. The summed E-state index contributed by atoms with van der Waals surface area (Å²) in [6.45, 7) is 3.10. The summed E-state index contributed by atoms with van der Waals surface area (Å²) < 4.78 is 12.8. The second kappa shape index (κ2) is 8.02. The predicted octanol–water partition coefficient (Wildman–Crippen LogP) is 2.52. The van der Waals surface area contributed by atoms with Gasteiger partial charge < -0.3 is 14.8 Å². The van der Waals surface area contributed by atoms with Gasteiger partial charge in [-0.05, 0) is 49.9 Å². The molecule has 2 aromatic rings. The lowest BCUT2D eigenvalue weighted by atomic mass is 10.0. The Bertz CT molecular complexity index is 877. The van der Waals surface area contributed by atoms with E-state index in [1.54, 1.807) is 6.20 Å². The summed E-state index contributed by atoms with van der Waals surface area (Å²) in [5.41, 5.74) is 1.63. The number of ether oxygens (including phenoxy) is 2. The molecule has 2 aliphatic heterocycles. The summed E-state index contributed by atoms with van der Waals surface area (Å²) in [7, 11) is 0. The number of carbonyl (C=O) groups is 1. The van der Waals surface area contributed by atoms with E-state index in [0.29, 0.717) is 18.5 Å². The molecule has 1 N–H and O–H groups in total. The average molecular weight is 397 g/mol. The number of hydrogen-bond donors (Lipinski definition) is 1. The van der Waals surface area contributed by atoms with Gasteiger partial charge in [-0.1, -0.05) is 24.1 Å². The predicted molar refractivity (Wildman–Crippen MR) is 106 cm³/mol. The van der Waals surface area contributed by atoms with Crippen LogP contribution in [0.4, 0.5) is 0 Å². The van der Waals surface area contributed by atoms with Crippen molar-refractivity contribution >= 4 is 5.91 Å². The summed E-state index contributed by atoms with van der Waals surface area (Å²) in [6, 6.07) is 6.66. The third-order valence-electron chi connectivity index (χ3n) is 6.13. The van der Waals surface area contributed by atoms with Crippen LogP contribution < -0.4 is 14.8 Å². The maximum atomic E-state index is 12.4. The first-order valence-corrected chi connectivity index (χ1v) is 10.6. The largest absolute Gasteiger partial charge is 0.454 e. The molecule has 1 atom stereocenters. The fourth-order valence-corrected chi connectivity index (χ4v) is 4.58. The van der Waals surface area contributed by atoms with Crippen molar-refractivity contribution < 1.29 is 14.3 Å². The Morgan fingerprint density at radius 3 is 2.90 bits per heavy atom. The molecule has 1 aliphatic carbocycles. The van der Waals surface area contributed by atoms with Crippen molar-refractivity contribution in [2.45, 2.75) is 57.2 Å². The van der Waals surface area contributed by atoms with Gasteiger partial charge in [-0.25, -0.2) is 4.68 Å². The third kappa shape index (κ3) is 4.07. The topological polar surface area (TPSA) is 81.5 Å². The third-order valence-corrected chi connectivity index (χ3v) is 6.13. The number of nitrogens with zero attached hydrogens (tertiary/aromatic N) is 4. The molecular weight excluding hydrogens is 370 g/mol. The highest BCUT2D eigenvalue weighted by atomic mass is 16.7. The van der Waals surface area contributed by atoms with E-state index in [1.165, 1.54) is 18.4 Å². The van der Waals surface area contributed by atoms with Crippen LogP contribution in [0.25, 0.3) is 0 Å². The van der Waals surface area contributed by atoms with Crippen molar-refractivity contribution in [3.05, 3.63) is 35.7 Å². The van der Waals surface area contributed by atoms with Crippen LogP contribution in [-0.4, -0.2) is 51.7 Å². The van der Waals surface area contributed by atoms with Crippen molar-refractivity contribution in [3.8, 4) is 11.5 Å². The molecule has 1 saturated carbocycles. The van der Waals surface area contributed by atoms with Crippen molar-refractivity contribution in [3.63, 3.8) is 0 Å². The van der Waals surface area contributed by atoms with Gasteiger partial charge in [0.1, 0.15) is 0 Å². The summed E-state index contributed by atoms with van der Waals surface area (Å²) in [6.07, 6.45) is 8.47. The van der Waals surface area contributed by atoms with Crippen LogP contribution in [0.15, 0.2) is 24.4 Å².